The summed E-state index contributed by atoms with van der Waals surface area (Å²) in [7, 11) is 2.12. The number of hydrogen-bond acceptors (Lipinski definition) is 3. The molecule has 2 rings (SSSR count). The predicted molar refractivity (Wildman–Crippen MR) is 84.6 cm³/mol. The SMILES string of the molecule is CC(CC(CC(=O)O)N1CCN(C)CC1)c1ccccc1. The molecule has 0 aliphatic carbocycles. The largest absolute Gasteiger partial charge is 0.481 e. The van der Waals surface area contributed by atoms with Crippen LogP contribution in [0.15, 0.2) is 30.3 Å². The molecule has 2 unspecified atom stereocenters. The topological polar surface area (TPSA) is 43.8 Å². The standard InChI is InChI=1S/C17H26N2O2/c1-14(15-6-4-3-5-7-15)12-16(13-17(20)21)19-10-8-18(2)9-11-19/h3-7,14,16H,8-13H2,1-2H3,(H,20,21). The molecule has 0 radical (unpaired) electrons. The fraction of sp³-hybridized carbons (Fsp3) is 0.588. The fourth-order valence-corrected chi connectivity index (χ4v) is 3.08. The maximum atomic E-state index is 11.2. The molecule has 1 heterocycles. The van der Waals surface area contributed by atoms with Crippen LogP contribution in [-0.4, -0.2) is 60.1 Å². The number of carboxylic acid groups (broad SMARTS) is 1. The number of piperazine rings is 1. The van der Waals surface area contributed by atoms with E-state index in [1.54, 1.807) is 0 Å². The zero-order chi connectivity index (χ0) is 15.2. The summed E-state index contributed by atoms with van der Waals surface area (Å²) < 4.78 is 0. The number of hydrogen-bond donors (Lipinski definition) is 1. The van der Waals surface area contributed by atoms with Crippen molar-refractivity contribution in [1.29, 1.82) is 0 Å². The predicted octanol–water partition coefficient (Wildman–Crippen LogP) is 2.27. The number of rotatable bonds is 6. The fourth-order valence-electron chi connectivity index (χ4n) is 3.08. The molecule has 4 heteroatoms. The Morgan fingerprint density at radius 2 is 1.81 bits per heavy atom. The summed E-state index contributed by atoms with van der Waals surface area (Å²) in [6, 6.07) is 10.5. The van der Waals surface area contributed by atoms with Gasteiger partial charge in [-0.15, -0.1) is 0 Å². The van der Waals surface area contributed by atoms with Gasteiger partial charge in [-0.05, 0) is 24.9 Å². The van der Waals surface area contributed by atoms with Gasteiger partial charge in [0.2, 0.25) is 0 Å². The van der Waals surface area contributed by atoms with Crippen molar-refractivity contribution < 1.29 is 9.90 Å². The number of carboxylic acids is 1. The molecule has 1 saturated heterocycles. The van der Waals surface area contributed by atoms with E-state index in [0.717, 1.165) is 32.6 Å². The Morgan fingerprint density at radius 1 is 1.19 bits per heavy atom. The highest BCUT2D eigenvalue weighted by Gasteiger charge is 2.26. The van der Waals surface area contributed by atoms with E-state index in [4.69, 9.17) is 0 Å². The lowest BCUT2D eigenvalue weighted by molar-refractivity contribution is -0.138. The molecule has 4 nitrogen and oxygen atoms in total. The maximum absolute atomic E-state index is 11.2. The lowest BCUT2D eigenvalue weighted by Gasteiger charge is -2.38. The van der Waals surface area contributed by atoms with Gasteiger partial charge in [-0.1, -0.05) is 37.3 Å². The number of nitrogens with zero attached hydrogens (tertiary/aromatic N) is 2. The summed E-state index contributed by atoms with van der Waals surface area (Å²) in [5.74, 6) is -0.311. The molecule has 1 aromatic rings. The van der Waals surface area contributed by atoms with Crippen LogP contribution in [0.2, 0.25) is 0 Å². The Morgan fingerprint density at radius 3 is 2.38 bits per heavy atom. The van der Waals surface area contributed by atoms with Crippen LogP contribution in [-0.2, 0) is 4.79 Å². The Balaban J connectivity index is 2.00. The lowest BCUT2D eigenvalue weighted by atomic mass is 9.91. The van der Waals surface area contributed by atoms with E-state index in [2.05, 4.69) is 35.9 Å². The number of aliphatic carboxylic acids is 1. The van der Waals surface area contributed by atoms with Crippen LogP contribution in [0.25, 0.3) is 0 Å². The van der Waals surface area contributed by atoms with E-state index in [1.165, 1.54) is 5.56 Å². The molecule has 0 spiro atoms. The molecular weight excluding hydrogens is 264 g/mol. The number of benzene rings is 1. The minimum Gasteiger partial charge on any atom is -0.481 e. The van der Waals surface area contributed by atoms with Crippen molar-refractivity contribution in [1.82, 2.24) is 9.80 Å². The molecule has 21 heavy (non-hydrogen) atoms. The molecule has 0 aromatic heterocycles. The lowest BCUT2D eigenvalue weighted by Crippen LogP contribution is -2.49. The van der Waals surface area contributed by atoms with Gasteiger partial charge in [0.25, 0.3) is 0 Å². The number of carbonyl (C=O) groups is 1. The summed E-state index contributed by atoms with van der Waals surface area (Å²) in [5, 5.41) is 9.21. The van der Waals surface area contributed by atoms with Crippen LogP contribution in [0.5, 0.6) is 0 Å². The minimum atomic E-state index is -0.695. The molecule has 1 aliphatic rings. The van der Waals surface area contributed by atoms with Gasteiger partial charge < -0.3 is 10.0 Å². The van der Waals surface area contributed by atoms with Gasteiger partial charge in [-0.25, -0.2) is 0 Å². The first-order valence-corrected chi connectivity index (χ1v) is 7.75. The van der Waals surface area contributed by atoms with Crippen LogP contribution < -0.4 is 0 Å². The first kappa shape index (κ1) is 16.0. The second-order valence-electron chi connectivity index (χ2n) is 6.14. The third kappa shape index (κ3) is 4.83. The molecule has 1 aromatic carbocycles. The Kier molecular flexibility index (Phi) is 5.76. The average Bonchev–Trinajstić information content (AvgIpc) is 2.48. The molecule has 1 aliphatic heterocycles. The quantitative estimate of drug-likeness (QED) is 0.873. The zero-order valence-electron chi connectivity index (χ0n) is 13.0. The summed E-state index contributed by atoms with van der Waals surface area (Å²) in [6.45, 7) is 6.18. The van der Waals surface area contributed by atoms with Gasteiger partial charge in [-0.3, -0.25) is 9.69 Å². The van der Waals surface area contributed by atoms with Gasteiger partial charge in [0.05, 0.1) is 6.42 Å². The van der Waals surface area contributed by atoms with E-state index >= 15 is 0 Å². The monoisotopic (exact) mass is 290 g/mol. The van der Waals surface area contributed by atoms with Gasteiger partial charge in [-0.2, -0.15) is 0 Å². The van der Waals surface area contributed by atoms with Gasteiger partial charge in [0.1, 0.15) is 0 Å². The van der Waals surface area contributed by atoms with Crippen LogP contribution in [0, 0.1) is 0 Å². The third-order valence-corrected chi connectivity index (χ3v) is 4.46. The molecule has 0 saturated carbocycles. The van der Waals surface area contributed by atoms with Gasteiger partial charge >= 0.3 is 5.97 Å². The average molecular weight is 290 g/mol. The molecule has 1 fully saturated rings. The van der Waals surface area contributed by atoms with Crippen molar-refractivity contribution in [3.63, 3.8) is 0 Å². The molecular formula is C17H26N2O2. The molecule has 0 amide bonds. The van der Waals surface area contributed by atoms with E-state index < -0.39 is 5.97 Å². The molecule has 116 valence electrons. The zero-order valence-corrected chi connectivity index (χ0v) is 13.0. The van der Waals surface area contributed by atoms with Crippen molar-refractivity contribution in [3.05, 3.63) is 35.9 Å². The van der Waals surface area contributed by atoms with Crippen molar-refractivity contribution in [2.45, 2.75) is 31.7 Å². The Labute approximate surface area is 127 Å². The van der Waals surface area contributed by atoms with Crippen molar-refractivity contribution in [2.75, 3.05) is 33.2 Å². The van der Waals surface area contributed by atoms with Crippen LogP contribution in [0.1, 0.15) is 31.2 Å². The van der Waals surface area contributed by atoms with Gasteiger partial charge in [0, 0.05) is 32.2 Å². The molecule has 2 atom stereocenters. The second-order valence-corrected chi connectivity index (χ2v) is 6.14. The van der Waals surface area contributed by atoms with Crippen molar-refractivity contribution >= 4 is 5.97 Å². The first-order valence-electron chi connectivity index (χ1n) is 7.75. The summed E-state index contributed by atoms with van der Waals surface area (Å²) in [5.41, 5.74) is 1.29. The van der Waals surface area contributed by atoms with Crippen LogP contribution in [0.4, 0.5) is 0 Å². The van der Waals surface area contributed by atoms with Crippen LogP contribution >= 0.6 is 0 Å². The highest BCUT2D eigenvalue weighted by molar-refractivity contribution is 5.67. The van der Waals surface area contributed by atoms with E-state index in [0.29, 0.717) is 5.92 Å². The van der Waals surface area contributed by atoms with Gasteiger partial charge in [0.15, 0.2) is 0 Å². The minimum absolute atomic E-state index is 0.131. The molecule has 0 bridgehead atoms. The second kappa shape index (κ2) is 7.57. The van der Waals surface area contributed by atoms with Crippen molar-refractivity contribution in [3.8, 4) is 0 Å². The third-order valence-electron chi connectivity index (χ3n) is 4.46. The van der Waals surface area contributed by atoms with Crippen LogP contribution in [0.3, 0.4) is 0 Å². The Hall–Kier alpha value is -1.39. The highest BCUT2D eigenvalue weighted by Crippen LogP contribution is 2.24. The van der Waals surface area contributed by atoms with Crippen molar-refractivity contribution in [2.24, 2.45) is 0 Å². The molecule has 1 N–H and O–H groups in total. The summed E-state index contributed by atoms with van der Waals surface area (Å²) in [6.07, 6.45) is 1.14. The number of likely N-dealkylation sites (N-methyl/N-ethyl adjacent to an activating group) is 1. The van der Waals surface area contributed by atoms with E-state index in [-0.39, 0.29) is 12.5 Å². The Bertz CT molecular complexity index is 441. The maximum Gasteiger partial charge on any atom is 0.304 e. The van der Waals surface area contributed by atoms with E-state index in [9.17, 15) is 9.90 Å². The first-order chi connectivity index (χ1) is 10.1. The highest BCUT2D eigenvalue weighted by atomic mass is 16.4. The normalized spacial score (nSPS) is 20.1. The summed E-state index contributed by atoms with van der Waals surface area (Å²) in [4.78, 5) is 15.9. The smallest absolute Gasteiger partial charge is 0.304 e. The van der Waals surface area contributed by atoms with E-state index in [1.807, 2.05) is 18.2 Å². The summed E-state index contributed by atoms with van der Waals surface area (Å²) >= 11 is 0.